The standard InChI is InChI=1S/C14H15BrN4O/c1-3-10-6-9(7-12(16)18-10)14(20)19-13-5-4-11(15)8(2)17-13/h4-7H,3H2,1-2H3,(H2,16,18)(H,17,19,20). The highest BCUT2D eigenvalue weighted by molar-refractivity contribution is 9.10. The number of carbonyl (C=O) groups is 1. The van der Waals surface area contributed by atoms with E-state index in [4.69, 9.17) is 5.73 Å². The Kier molecular flexibility index (Phi) is 4.34. The third kappa shape index (κ3) is 3.33. The van der Waals surface area contributed by atoms with E-state index < -0.39 is 0 Å². The quantitative estimate of drug-likeness (QED) is 0.904. The molecule has 2 heterocycles. The molecule has 0 saturated heterocycles. The first-order chi connectivity index (χ1) is 9.49. The molecule has 0 spiro atoms. The summed E-state index contributed by atoms with van der Waals surface area (Å²) in [4.78, 5) is 20.6. The number of rotatable bonds is 3. The van der Waals surface area contributed by atoms with Gasteiger partial charge in [0, 0.05) is 15.7 Å². The summed E-state index contributed by atoms with van der Waals surface area (Å²) in [7, 11) is 0. The molecule has 0 radical (unpaired) electrons. The van der Waals surface area contributed by atoms with Gasteiger partial charge in [-0.15, -0.1) is 0 Å². The van der Waals surface area contributed by atoms with Crippen molar-refractivity contribution in [3.05, 3.63) is 45.7 Å². The number of nitrogen functional groups attached to an aromatic ring is 1. The maximum absolute atomic E-state index is 12.2. The molecule has 0 aliphatic heterocycles. The minimum absolute atomic E-state index is 0.247. The average molecular weight is 335 g/mol. The number of hydrogen-bond donors (Lipinski definition) is 2. The number of amides is 1. The minimum atomic E-state index is -0.247. The number of pyridine rings is 2. The van der Waals surface area contributed by atoms with Gasteiger partial charge in [0.25, 0.3) is 5.91 Å². The van der Waals surface area contributed by atoms with Crippen molar-refractivity contribution < 1.29 is 4.79 Å². The van der Waals surface area contributed by atoms with Crippen molar-refractivity contribution in [2.24, 2.45) is 0 Å². The van der Waals surface area contributed by atoms with Crippen molar-refractivity contribution in [3.8, 4) is 0 Å². The Morgan fingerprint density at radius 2 is 2.10 bits per heavy atom. The number of nitrogens with two attached hydrogens (primary N) is 1. The highest BCUT2D eigenvalue weighted by atomic mass is 79.9. The molecule has 0 aliphatic carbocycles. The van der Waals surface area contributed by atoms with E-state index in [1.807, 2.05) is 19.9 Å². The second-order valence-corrected chi connectivity index (χ2v) is 5.20. The van der Waals surface area contributed by atoms with Gasteiger partial charge in [0.15, 0.2) is 0 Å². The first kappa shape index (κ1) is 14.5. The summed E-state index contributed by atoms with van der Waals surface area (Å²) in [6, 6.07) is 6.87. The van der Waals surface area contributed by atoms with Crippen LogP contribution in [0, 0.1) is 6.92 Å². The van der Waals surface area contributed by atoms with Gasteiger partial charge in [-0.05, 0) is 53.5 Å². The molecule has 2 aromatic rings. The van der Waals surface area contributed by atoms with E-state index in [2.05, 4.69) is 31.2 Å². The van der Waals surface area contributed by atoms with E-state index in [1.54, 1.807) is 18.2 Å². The van der Waals surface area contributed by atoms with E-state index in [0.29, 0.717) is 17.2 Å². The molecule has 3 N–H and O–H groups in total. The third-order valence-electron chi connectivity index (χ3n) is 2.79. The van der Waals surface area contributed by atoms with Crippen LogP contribution in [0.1, 0.15) is 28.7 Å². The first-order valence-electron chi connectivity index (χ1n) is 6.20. The molecule has 20 heavy (non-hydrogen) atoms. The van der Waals surface area contributed by atoms with Crippen LogP contribution in [0.3, 0.4) is 0 Å². The van der Waals surface area contributed by atoms with E-state index in [9.17, 15) is 4.79 Å². The van der Waals surface area contributed by atoms with Gasteiger partial charge >= 0.3 is 0 Å². The van der Waals surface area contributed by atoms with Gasteiger partial charge in [0.2, 0.25) is 0 Å². The number of carbonyl (C=O) groups excluding carboxylic acids is 1. The number of aromatic nitrogens is 2. The van der Waals surface area contributed by atoms with Crippen LogP contribution >= 0.6 is 15.9 Å². The summed E-state index contributed by atoms with van der Waals surface area (Å²) < 4.78 is 0.900. The topological polar surface area (TPSA) is 80.9 Å². The van der Waals surface area contributed by atoms with Gasteiger partial charge in [-0.25, -0.2) is 9.97 Å². The Morgan fingerprint density at radius 1 is 1.35 bits per heavy atom. The lowest BCUT2D eigenvalue weighted by molar-refractivity contribution is 0.102. The molecule has 0 aliphatic rings. The Labute approximate surface area is 125 Å². The van der Waals surface area contributed by atoms with Crippen LogP contribution in [0.5, 0.6) is 0 Å². The zero-order valence-electron chi connectivity index (χ0n) is 11.3. The zero-order valence-corrected chi connectivity index (χ0v) is 12.9. The highest BCUT2D eigenvalue weighted by Gasteiger charge is 2.10. The van der Waals surface area contributed by atoms with Gasteiger partial charge in [-0.2, -0.15) is 0 Å². The molecule has 2 rings (SSSR count). The van der Waals surface area contributed by atoms with E-state index >= 15 is 0 Å². The lowest BCUT2D eigenvalue weighted by Gasteiger charge is -2.08. The highest BCUT2D eigenvalue weighted by Crippen LogP contribution is 2.17. The normalized spacial score (nSPS) is 10.3. The van der Waals surface area contributed by atoms with E-state index in [0.717, 1.165) is 22.3 Å². The molecular weight excluding hydrogens is 320 g/mol. The van der Waals surface area contributed by atoms with Crippen LogP contribution in [0.25, 0.3) is 0 Å². The van der Waals surface area contributed by atoms with Crippen LogP contribution in [-0.4, -0.2) is 15.9 Å². The monoisotopic (exact) mass is 334 g/mol. The van der Waals surface area contributed by atoms with Crippen LogP contribution in [0.15, 0.2) is 28.7 Å². The number of aryl methyl sites for hydroxylation is 2. The molecule has 6 heteroatoms. The lowest BCUT2D eigenvalue weighted by Crippen LogP contribution is -2.14. The van der Waals surface area contributed by atoms with Crippen LogP contribution in [0.2, 0.25) is 0 Å². The van der Waals surface area contributed by atoms with Gasteiger partial charge in [0.1, 0.15) is 11.6 Å². The molecule has 0 unspecified atom stereocenters. The van der Waals surface area contributed by atoms with Crippen molar-refractivity contribution in [1.82, 2.24) is 9.97 Å². The van der Waals surface area contributed by atoms with Crippen molar-refractivity contribution in [1.29, 1.82) is 0 Å². The maximum atomic E-state index is 12.2. The van der Waals surface area contributed by atoms with E-state index in [1.165, 1.54) is 0 Å². The average Bonchev–Trinajstić information content (AvgIpc) is 2.42. The van der Waals surface area contributed by atoms with Crippen LogP contribution in [-0.2, 0) is 6.42 Å². The second kappa shape index (κ2) is 6.00. The van der Waals surface area contributed by atoms with Crippen molar-refractivity contribution >= 4 is 33.5 Å². The molecular formula is C14H15BrN4O. The predicted octanol–water partition coefficient (Wildman–Crippen LogP) is 2.94. The fraction of sp³-hybridized carbons (Fsp3) is 0.214. The number of nitrogens with one attached hydrogen (secondary N) is 1. The maximum Gasteiger partial charge on any atom is 0.257 e. The Morgan fingerprint density at radius 3 is 2.75 bits per heavy atom. The Balaban J connectivity index is 2.23. The van der Waals surface area contributed by atoms with Gasteiger partial charge in [-0.3, -0.25) is 4.79 Å². The molecule has 0 saturated carbocycles. The fourth-order valence-corrected chi connectivity index (χ4v) is 1.95. The fourth-order valence-electron chi connectivity index (χ4n) is 1.73. The predicted molar refractivity (Wildman–Crippen MR) is 82.7 cm³/mol. The summed E-state index contributed by atoms with van der Waals surface area (Å²) >= 11 is 3.37. The number of anilines is 2. The lowest BCUT2D eigenvalue weighted by atomic mass is 10.2. The van der Waals surface area contributed by atoms with Crippen molar-refractivity contribution in [2.45, 2.75) is 20.3 Å². The van der Waals surface area contributed by atoms with Crippen molar-refractivity contribution in [3.63, 3.8) is 0 Å². The van der Waals surface area contributed by atoms with Gasteiger partial charge < -0.3 is 11.1 Å². The van der Waals surface area contributed by atoms with Crippen LogP contribution in [0.4, 0.5) is 11.6 Å². The second-order valence-electron chi connectivity index (χ2n) is 4.34. The Hall–Kier alpha value is -1.95. The number of nitrogens with zero attached hydrogens (tertiary/aromatic N) is 2. The molecule has 5 nitrogen and oxygen atoms in total. The molecule has 104 valence electrons. The summed E-state index contributed by atoms with van der Waals surface area (Å²) in [6.07, 6.45) is 0.723. The van der Waals surface area contributed by atoms with E-state index in [-0.39, 0.29) is 5.91 Å². The summed E-state index contributed by atoms with van der Waals surface area (Å²) in [6.45, 7) is 3.82. The van der Waals surface area contributed by atoms with Crippen LogP contribution < -0.4 is 11.1 Å². The Bertz CT molecular complexity index is 658. The molecule has 0 fully saturated rings. The van der Waals surface area contributed by atoms with Gasteiger partial charge in [-0.1, -0.05) is 6.92 Å². The molecule has 2 aromatic heterocycles. The smallest absolute Gasteiger partial charge is 0.257 e. The SMILES string of the molecule is CCc1cc(C(=O)Nc2ccc(Br)c(C)n2)cc(N)n1. The summed E-state index contributed by atoms with van der Waals surface area (Å²) in [5.41, 5.74) is 7.78. The number of halogens is 1. The largest absolute Gasteiger partial charge is 0.384 e. The van der Waals surface area contributed by atoms with Gasteiger partial charge in [0.05, 0.1) is 5.69 Å². The summed E-state index contributed by atoms with van der Waals surface area (Å²) in [5, 5.41) is 2.75. The first-order valence-corrected chi connectivity index (χ1v) is 7.00. The molecule has 1 amide bonds. The van der Waals surface area contributed by atoms with Crippen molar-refractivity contribution in [2.75, 3.05) is 11.1 Å². The zero-order chi connectivity index (χ0) is 14.7. The minimum Gasteiger partial charge on any atom is -0.384 e. The third-order valence-corrected chi connectivity index (χ3v) is 3.62. The molecule has 0 aromatic carbocycles. The molecule has 0 atom stereocenters. The summed E-state index contributed by atoms with van der Waals surface area (Å²) in [5.74, 6) is 0.599. The number of hydrogen-bond acceptors (Lipinski definition) is 4. The molecule has 0 bridgehead atoms.